The highest BCUT2D eigenvalue weighted by Gasteiger charge is 2.47. The lowest BCUT2D eigenvalue weighted by atomic mass is 9.71. The molecule has 3 fully saturated rings. The van der Waals surface area contributed by atoms with E-state index in [9.17, 15) is 9.59 Å². The molecule has 3 aliphatic rings. The maximum atomic E-state index is 13.4. The van der Waals surface area contributed by atoms with Crippen LogP contribution in [0.2, 0.25) is 0 Å². The van der Waals surface area contributed by atoms with Crippen molar-refractivity contribution < 1.29 is 14.3 Å². The number of carbonyl (C=O) groups is 2. The van der Waals surface area contributed by atoms with Crippen LogP contribution in [0.15, 0.2) is 43.0 Å². The fourth-order valence-electron chi connectivity index (χ4n) is 4.74. The number of nitrogens with zero attached hydrogens (tertiary/aromatic N) is 1. The molecule has 5 heteroatoms. The predicted molar refractivity (Wildman–Crippen MR) is 98.6 cm³/mol. The lowest BCUT2D eigenvalue weighted by molar-refractivity contribution is -0.134. The number of amides is 2. The van der Waals surface area contributed by atoms with Gasteiger partial charge in [0, 0.05) is 13.1 Å². The Hall–Kier alpha value is -2.14. The topological polar surface area (TPSA) is 58.6 Å². The molecule has 2 amide bonds. The van der Waals surface area contributed by atoms with E-state index in [0.717, 1.165) is 24.8 Å². The van der Waals surface area contributed by atoms with Crippen LogP contribution >= 0.6 is 0 Å². The molecule has 3 heterocycles. The second kappa shape index (κ2) is 6.88. The fraction of sp³-hybridized carbons (Fsp3) is 0.524. The van der Waals surface area contributed by atoms with Crippen molar-refractivity contribution >= 4 is 11.8 Å². The lowest BCUT2D eigenvalue weighted by Gasteiger charge is -2.41. The molecule has 4 rings (SSSR count). The Balaban J connectivity index is 1.55. The molecular weight excluding hydrogens is 328 g/mol. The minimum atomic E-state index is -0.582. The van der Waals surface area contributed by atoms with E-state index in [1.807, 2.05) is 30.3 Å². The summed E-state index contributed by atoms with van der Waals surface area (Å²) in [5.74, 6) is 0.0177. The molecule has 0 radical (unpaired) electrons. The largest absolute Gasteiger partial charge is 0.373 e. The molecule has 2 bridgehead atoms. The molecule has 5 nitrogen and oxygen atoms in total. The molecule has 0 aromatic heterocycles. The molecule has 26 heavy (non-hydrogen) atoms. The van der Waals surface area contributed by atoms with Gasteiger partial charge in [-0.15, -0.1) is 0 Å². The molecule has 3 aliphatic heterocycles. The zero-order chi connectivity index (χ0) is 18.1. The summed E-state index contributed by atoms with van der Waals surface area (Å²) in [6.07, 6.45) is 6.15. The zero-order valence-corrected chi connectivity index (χ0v) is 15.0. The Bertz CT molecular complexity index is 694. The van der Waals surface area contributed by atoms with E-state index in [1.54, 1.807) is 4.90 Å². The number of ether oxygens (including phenoxy) is 1. The maximum absolute atomic E-state index is 13.4. The average Bonchev–Trinajstić information content (AvgIpc) is 3.31. The number of hydrogen-bond donors (Lipinski definition) is 1. The van der Waals surface area contributed by atoms with Gasteiger partial charge >= 0.3 is 0 Å². The Morgan fingerprint density at radius 1 is 1.19 bits per heavy atom. The van der Waals surface area contributed by atoms with Crippen LogP contribution in [0.25, 0.3) is 0 Å². The van der Waals surface area contributed by atoms with Crippen molar-refractivity contribution in [1.82, 2.24) is 10.2 Å². The van der Waals surface area contributed by atoms with Gasteiger partial charge < -0.3 is 15.0 Å². The third-order valence-electron chi connectivity index (χ3n) is 6.29. The van der Waals surface area contributed by atoms with Crippen LogP contribution in [-0.4, -0.2) is 48.1 Å². The highest BCUT2D eigenvalue weighted by atomic mass is 16.5. The van der Waals surface area contributed by atoms with Crippen LogP contribution in [-0.2, 0) is 19.7 Å². The van der Waals surface area contributed by atoms with Gasteiger partial charge in [0.25, 0.3) is 0 Å². The number of rotatable bonds is 4. The number of hydrogen-bond acceptors (Lipinski definition) is 3. The van der Waals surface area contributed by atoms with Crippen LogP contribution in [0.1, 0.15) is 37.7 Å². The van der Waals surface area contributed by atoms with Gasteiger partial charge in [-0.05, 0) is 43.7 Å². The van der Waals surface area contributed by atoms with E-state index in [1.165, 1.54) is 6.08 Å². The normalized spacial score (nSPS) is 29.4. The van der Waals surface area contributed by atoms with Gasteiger partial charge in [-0.25, -0.2) is 0 Å². The summed E-state index contributed by atoms with van der Waals surface area (Å²) in [7, 11) is 0. The molecule has 1 aromatic carbocycles. The van der Waals surface area contributed by atoms with Gasteiger partial charge in [-0.1, -0.05) is 36.9 Å². The van der Waals surface area contributed by atoms with Crippen molar-refractivity contribution in [2.24, 2.45) is 0 Å². The van der Waals surface area contributed by atoms with E-state index >= 15 is 0 Å². The highest BCUT2D eigenvalue weighted by molar-refractivity contribution is 5.90. The first-order chi connectivity index (χ1) is 12.6. The summed E-state index contributed by atoms with van der Waals surface area (Å²) in [6.45, 7) is 4.71. The average molecular weight is 354 g/mol. The molecule has 0 aliphatic carbocycles. The smallest absolute Gasteiger partial charge is 0.245 e. The predicted octanol–water partition coefficient (Wildman–Crippen LogP) is 2.17. The summed E-state index contributed by atoms with van der Waals surface area (Å²) in [5.41, 5.74) is 0.452. The molecule has 0 unspecified atom stereocenters. The first-order valence-electron chi connectivity index (χ1n) is 9.56. The third kappa shape index (κ3) is 2.94. The highest BCUT2D eigenvalue weighted by Crippen LogP contribution is 2.38. The number of carbonyl (C=O) groups excluding carboxylic acids is 2. The number of piperidine rings is 1. The van der Waals surface area contributed by atoms with Crippen LogP contribution in [0.4, 0.5) is 0 Å². The monoisotopic (exact) mass is 354 g/mol. The summed E-state index contributed by atoms with van der Waals surface area (Å²) in [6, 6.07) is 10.1. The molecule has 1 N–H and O–H groups in total. The Morgan fingerprint density at radius 3 is 2.50 bits per heavy atom. The first-order valence-corrected chi connectivity index (χ1v) is 9.56. The van der Waals surface area contributed by atoms with E-state index < -0.39 is 5.41 Å². The first kappa shape index (κ1) is 17.3. The van der Waals surface area contributed by atoms with Gasteiger partial charge in [0.05, 0.1) is 23.7 Å². The van der Waals surface area contributed by atoms with Gasteiger partial charge in [-0.2, -0.15) is 0 Å². The molecule has 3 saturated heterocycles. The SMILES string of the molecule is C=CC(=O)N1CCC(C(=O)N[C@@H]2C[C@@H]3CC[C@H]2O3)(c2ccccc2)CC1. The van der Waals surface area contributed by atoms with Gasteiger partial charge in [0.15, 0.2) is 0 Å². The van der Waals surface area contributed by atoms with Crippen molar-refractivity contribution in [1.29, 1.82) is 0 Å². The Kier molecular flexibility index (Phi) is 4.57. The third-order valence-corrected chi connectivity index (χ3v) is 6.29. The van der Waals surface area contributed by atoms with E-state index in [4.69, 9.17) is 4.74 Å². The van der Waals surface area contributed by atoms with Crippen molar-refractivity contribution in [3.05, 3.63) is 48.6 Å². The van der Waals surface area contributed by atoms with Crippen LogP contribution in [0, 0.1) is 0 Å². The van der Waals surface area contributed by atoms with Crippen molar-refractivity contribution in [2.75, 3.05) is 13.1 Å². The number of nitrogens with one attached hydrogen (secondary N) is 1. The summed E-state index contributed by atoms with van der Waals surface area (Å²) < 4.78 is 5.90. The van der Waals surface area contributed by atoms with Crippen LogP contribution in [0.3, 0.4) is 0 Å². The van der Waals surface area contributed by atoms with Crippen molar-refractivity contribution in [3.8, 4) is 0 Å². The van der Waals surface area contributed by atoms with E-state index in [0.29, 0.717) is 32.0 Å². The summed E-state index contributed by atoms with van der Waals surface area (Å²) >= 11 is 0. The molecule has 1 aromatic rings. The number of benzene rings is 1. The fourth-order valence-corrected chi connectivity index (χ4v) is 4.74. The van der Waals surface area contributed by atoms with Crippen LogP contribution in [0.5, 0.6) is 0 Å². The standard InChI is InChI=1S/C21H26N2O3/c1-2-19(24)23-12-10-21(11-13-23,15-6-4-3-5-7-15)20(25)22-17-14-16-8-9-18(17)26-16/h2-7,16-18H,1,8-14H2,(H,22,25)/t16-,17+,18+/m0/s1. The molecular formula is C21H26N2O3. The van der Waals surface area contributed by atoms with Gasteiger partial charge in [0.1, 0.15) is 0 Å². The molecule has 0 saturated carbocycles. The second-order valence-corrected chi connectivity index (χ2v) is 7.67. The summed E-state index contributed by atoms with van der Waals surface area (Å²) in [4.78, 5) is 27.1. The van der Waals surface area contributed by atoms with E-state index in [-0.39, 0.29) is 24.0 Å². The Morgan fingerprint density at radius 2 is 1.92 bits per heavy atom. The van der Waals surface area contributed by atoms with E-state index in [2.05, 4.69) is 11.9 Å². The Labute approximate surface area is 154 Å². The van der Waals surface area contributed by atoms with Crippen molar-refractivity contribution in [2.45, 2.75) is 55.8 Å². The van der Waals surface area contributed by atoms with Gasteiger partial charge in [0.2, 0.25) is 11.8 Å². The second-order valence-electron chi connectivity index (χ2n) is 7.67. The molecule has 138 valence electrons. The van der Waals surface area contributed by atoms with Crippen LogP contribution < -0.4 is 5.32 Å². The number of likely N-dealkylation sites (tertiary alicyclic amines) is 1. The van der Waals surface area contributed by atoms with Gasteiger partial charge in [-0.3, -0.25) is 9.59 Å². The quantitative estimate of drug-likeness (QED) is 0.843. The maximum Gasteiger partial charge on any atom is 0.245 e. The molecule has 3 atom stereocenters. The lowest BCUT2D eigenvalue weighted by Crippen LogP contribution is -2.55. The minimum absolute atomic E-state index is 0.0615. The minimum Gasteiger partial charge on any atom is -0.373 e. The zero-order valence-electron chi connectivity index (χ0n) is 15.0. The number of fused-ring (bicyclic) bond motifs is 2. The van der Waals surface area contributed by atoms with Crippen molar-refractivity contribution in [3.63, 3.8) is 0 Å². The molecule has 0 spiro atoms. The summed E-state index contributed by atoms with van der Waals surface area (Å²) in [5, 5.41) is 3.29.